The van der Waals surface area contributed by atoms with Crippen molar-refractivity contribution in [2.45, 2.75) is 19.1 Å². The number of benzene rings is 1. The Morgan fingerprint density at radius 1 is 1.25 bits per heavy atom. The number of rotatable bonds is 8. The van der Waals surface area contributed by atoms with E-state index in [1.54, 1.807) is 0 Å². The molecule has 0 aliphatic rings. The summed E-state index contributed by atoms with van der Waals surface area (Å²) in [5, 5.41) is 10.8. The van der Waals surface area contributed by atoms with Gasteiger partial charge < -0.3 is 20.9 Å². The van der Waals surface area contributed by atoms with E-state index in [4.69, 9.17) is 15.6 Å². The van der Waals surface area contributed by atoms with Crippen LogP contribution < -0.4 is 11.1 Å². The number of hydrogen-bond donors (Lipinski definition) is 3. The third-order valence-electron chi connectivity index (χ3n) is 2.40. The van der Waals surface area contributed by atoms with E-state index in [0.717, 1.165) is 5.56 Å². The van der Waals surface area contributed by atoms with Crippen LogP contribution in [0.1, 0.15) is 12.0 Å². The Bertz CT molecular complexity index is 475. The molecule has 0 aliphatic heterocycles. The molecule has 7 nitrogen and oxygen atoms in total. The summed E-state index contributed by atoms with van der Waals surface area (Å²) in [5.41, 5.74) is 5.90. The number of carbonyl (C=O) groups excluding carboxylic acids is 2. The second kappa shape index (κ2) is 7.90. The minimum atomic E-state index is -1.24. The summed E-state index contributed by atoms with van der Waals surface area (Å²) in [7, 11) is 0. The van der Waals surface area contributed by atoms with Crippen LogP contribution in [-0.4, -0.2) is 35.5 Å². The zero-order chi connectivity index (χ0) is 15.0. The average molecular weight is 280 g/mol. The van der Waals surface area contributed by atoms with Crippen molar-refractivity contribution < 1.29 is 24.2 Å². The molecule has 7 heteroatoms. The fourth-order valence-electron chi connectivity index (χ4n) is 1.47. The van der Waals surface area contributed by atoms with E-state index in [2.05, 4.69) is 5.32 Å². The number of ether oxygens (including phenoxy) is 1. The Labute approximate surface area is 115 Å². The number of nitrogens with two attached hydrogens (primary N) is 1. The van der Waals surface area contributed by atoms with E-state index in [1.807, 2.05) is 30.3 Å². The summed E-state index contributed by atoms with van der Waals surface area (Å²) >= 11 is 0. The number of amides is 2. The maximum absolute atomic E-state index is 11.5. The van der Waals surface area contributed by atoms with Crippen molar-refractivity contribution >= 4 is 17.8 Å². The van der Waals surface area contributed by atoms with Crippen molar-refractivity contribution in [1.82, 2.24) is 5.32 Å². The first-order valence-corrected chi connectivity index (χ1v) is 5.91. The monoisotopic (exact) mass is 280 g/mol. The molecule has 0 bridgehead atoms. The van der Waals surface area contributed by atoms with Crippen LogP contribution >= 0.6 is 0 Å². The fraction of sp³-hybridized carbons (Fsp3) is 0.308. The van der Waals surface area contributed by atoms with Crippen LogP contribution in [0.5, 0.6) is 0 Å². The molecular weight excluding hydrogens is 264 g/mol. The van der Waals surface area contributed by atoms with E-state index < -0.39 is 30.2 Å². The molecule has 0 heterocycles. The van der Waals surface area contributed by atoms with Gasteiger partial charge in [0.15, 0.2) is 0 Å². The Balaban J connectivity index is 2.35. The van der Waals surface area contributed by atoms with Crippen molar-refractivity contribution in [3.05, 3.63) is 35.9 Å². The van der Waals surface area contributed by atoms with E-state index in [1.165, 1.54) is 0 Å². The molecule has 0 radical (unpaired) electrons. The maximum Gasteiger partial charge on any atom is 0.305 e. The molecule has 1 aromatic rings. The largest absolute Gasteiger partial charge is 0.481 e. The van der Waals surface area contributed by atoms with Gasteiger partial charge in [-0.3, -0.25) is 14.4 Å². The minimum Gasteiger partial charge on any atom is -0.481 e. The molecule has 1 atom stereocenters. The summed E-state index contributed by atoms with van der Waals surface area (Å²) in [6, 6.07) is 7.99. The number of nitrogens with one attached hydrogen (secondary N) is 1. The lowest BCUT2D eigenvalue weighted by atomic mass is 10.2. The zero-order valence-electron chi connectivity index (χ0n) is 10.7. The van der Waals surface area contributed by atoms with Crippen LogP contribution in [0.2, 0.25) is 0 Å². The van der Waals surface area contributed by atoms with Gasteiger partial charge >= 0.3 is 5.97 Å². The quantitative estimate of drug-likeness (QED) is 0.601. The minimum absolute atomic E-state index is 0.244. The molecule has 0 saturated heterocycles. The normalized spacial score (nSPS) is 11.6. The van der Waals surface area contributed by atoms with Crippen LogP contribution in [0.15, 0.2) is 30.3 Å². The van der Waals surface area contributed by atoms with Crippen molar-refractivity contribution in [3.8, 4) is 0 Å². The molecule has 108 valence electrons. The fourth-order valence-corrected chi connectivity index (χ4v) is 1.47. The molecule has 0 fully saturated rings. The number of carbonyl (C=O) groups is 3. The Morgan fingerprint density at radius 3 is 2.45 bits per heavy atom. The van der Waals surface area contributed by atoms with Crippen LogP contribution in [0.25, 0.3) is 0 Å². The molecule has 0 aromatic heterocycles. The molecule has 0 saturated carbocycles. The van der Waals surface area contributed by atoms with Gasteiger partial charge in [-0.25, -0.2) is 0 Å². The standard InChI is InChI=1S/C13H16N2O5/c14-13(19)10(6-12(17)18)15-11(16)8-20-7-9-4-2-1-3-5-9/h1-5,10H,6-8H2,(H2,14,19)(H,15,16)(H,17,18)/t10-/m1/s1. The first-order chi connectivity index (χ1) is 9.49. The number of hydrogen-bond acceptors (Lipinski definition) is 4. The second-order valence-corrected chi connectivity index (χ2v) is 4.10. The first-order valence-electron chi connectivity index (χ1n) is 5.91. The Kier molecular flexibility index (Phi) is 6.18. The van der Waals surface area contributed by atoms with Crippen molar-refractivity contribution in [1.29, 1.82) is 0 Å². The summed E-state index contributed by atoms with van der Waals surface area (Å²) in [5.74, 6) is -2.71. The van der Waals surface area contributed by atoms with E-state index in [9.17, 15) is 14.4 Å². The molecule has 2 amide bonds. The summed E-state index contributed by atoms with van der Waals surface area (Å²) in [6.45, 7) is -0.0350. The molecule has 1 rings (SSSR count). The zero-order valence-corrected chi connectivity index (χ0v) is 10.7. The van der Waals surface area contributed by atoms with Gasteiger partial charge in [0.1, 0.15) is 12.6 Å². The van der Waals surface area contributed by atoms with Gasteiger partial charge in [0.2, 0.25) is 11.8 Å². The smallest absolute Gasteiger partial charge is 0.305 e. The molecule has 0 aliphatic carbocycles. The van der Waals surface area contributed by atoms with Gasteiger partial charge in [-0.2, -0.15) is 0 Å². The first kappa shape index (κ1) is 15.6. The molecule has 20 heavy (non-hydrogen) atoms. The highest BCUT2D eigenvalue weighted by Crippen LogP contribution is 2.00. The van der Waals surface area contributed by atoms with E-state index in [0.29, 0.717) is 0 Å². The van der Waals surface area contributed by atoms with E-state index >= 15 is 0 Å². The lowest BCUT2D eigenvalue weighted by Gasteiger charge is -2.13. The molecule has 4 N–H and O–H groups in total. The van der Waals surface area contributed by atoms with Crippen LogP contribution in [0.4, 0.5) is 0 Å². The van der Waals surface area contributed by atoms with Crippen molar-refractivity contribution in [2.24, 2.45) is 5.73 Å². The van der Waals surface area contributed by atoms with Gasteiger partial charge in [-0.05, 0) is 5.56 Å². The molecular formula is C13H16N2O5. The van der Waals surface area contributed by atoms with Crippen LogP contribution in [0, 0.1) is 0 Å². The van der Waals surface area contributed by atoms with E-state index in [-0.39, 0.29) is 13.2 Å². The Hall–Kier alpha value is -2.41. The maximum atomic E-state index is 11.5. The Morgan fingerprint density at radius 2 is 1.90 bits per heavy atom. The van der Waals surface area contributed by atoms with Crippen LogP contribution in [0.3, 0.4) is 0 Å². The van der Waals surface area contributed by atoms with Gasteiger partial charge in [-0.15, -0.1) is 0 Å². The third-order valence-corrected chi connectivity index (χ3v) is 2.40. The summed E-state index contributed by atoms with van der Waals surface area (Å²) < 4.78 is 5.16. The topological polar surface area (TPSA) is 119 Å². The third kappa shape index (κ3) is 5.96. The number of carboxylic acid groups (broad SMARTS) is 1. The highest BCUT2D eigenvalue weighted by Gasteiger charge is 2.21. The van der Waals surface area contributed by atoms with Gasteiger partial charge in [0.25, 0.3) is 0 Å². The number of aliphatic carboxylic acids is 1. The van der Waals surface area contributed by atoms with Gasteiger partial charge in [-0.1, -0.05) is 30.3 Å². The number of carboxylic acids is 1. The molecule has 1 aromatic carbocycles. The van der Waals surface area contributed by atoms with Crippen LogP contribution in [-0.2, 0) is 25.7 Å². The number of primary amides is 1. The van der Waals surface area contributed by atoms with Crippen molar-refractivity contribution in [2.75, 3.05) is 6.61 Å². The van der Waals surface area contributed by atoms with Gasteiger partial charge in [0.05, 0.1) is 13.0 Å². The highest BCUT2D eigenvalue weighted by molar-refractivity contribution is 5.89. The predicted octanol–water partition coefficient (Wildman–Crippen LogP) is -0.352. The van der Waals surface area contributed by atoms with Gasteiger partial charge in [0, 0.05) is 0 Å². The lowest BCUT2D eigenvalue weighted by molar-refractivity contribution is -0.140. The average Bonchev–Trinajstić information content (AvgIpc) is 2.38. The molecule has 0 unspecified atom stereocenters. The predicted molar refractivity (Wildman–Crippen MR) is 69.5 cm³/mol. The highest BCUT2D eigenvalue weighted by atomic mass is 16.5. The SMILES string of the molecule is NC(=O)[C@@H](CC(=O)O)NC(=O)COCc1ccccc1. The van der Waals surface area contributed by atoms with Crippen molar-refractivity contribution in [3.63, 3.8) is 0 Å². The summed E-state index contributed by atoms with van der Waals surface area (Å²) in [6.07, 6.45) is -0.556. The summed E-state index contributed by atoms with van der Waals surface area (Å²) in [4.78, 5) is 33.0. The second-order valence-electron chi connectivity index (χ2n) is 4.10. The lowest BCUT2D eigenvalue weighted by Crippen LogP contribution is -2.46. The molecule has 0 spiro atoms.